The summed E-state index contributed by atoms with van der Waals surface area (Å²) >= 11 is 0. The fourth-order valence-electron chi connectivity index (χ4n) is 3.26. The van der Waals surface area contributed by atoms with Crippen molar-refractivity contribution in [1.82, 2.24) is 25.7 Å². The van der Waals surface area contributed by atoms with Crippen molar-refractivity contribution in [3.8, 4) is 0 Å². The number of nitrogens with one attached hydrogen (secondary N) is 3. The molecule has 0 bridgehead atoms. The molecule has 3 rings (SSSR count). The maximum absolute atomic E-state index is 12.4. The first-order valence-corrected chi connectivity index (χ1v) is 8.78. The van der Waals surface area contributed by atoms with Gasteiger partial charge in [0.05, 0.1) is 17.2 Å². The van der Waals surface area contributed by atoms with E-state index in [0.717, 1.165) is 0 Å². The van der Waals surface area contributed by atoms with E-state index >= 15 is 0 Å². The number of para-hydroxylation sites is 1. The number of carbonyl (C=O) groups is 1. The van der Waals surface area contributed by atoms with Crippen LogP contribution >= 0.6 is 0 Å². The Bertz CT molecular complexity index is 793. The Hall–Kier alpha value is -2.25. The van der Waals surface area contributed by atoms with Crippen LogP contribution in [0.2, 0.25) is 0 Å². The Balaban J connectivity index is 1.49. The molecule has 2 atom stereocenters. The van der Waals surface area contributed by atoms with Crippen LogP contribution in [-0.2, 0) is 11.3 Å². The Labute approximate surface area is 146 Å². The predicted octanol–water partition coefficient (Wildman–Crippen LogP) is 0.794. The maximum Gasteiger partial charge on any atom is 0.261 e. The molecule has 1 aromatic carbocycles. The second-order valence-electron chi connectivity index (χ2n) is 6.70. The molecule has 7 nitrogen and oxygen atoms in total. The summed E-state index contributed by atoms with van der Waals surface area (Å²) in [5, 5.41) is 3.60. The molecule has 1 fully saturated rings. The molecule has 2 aromatic rings. The van der Waals surface area contributed by atoms with Crippen LogP contribution < -0.4 is 21.7 Å². The highest BCUT2D eigenvalue weighted by molar-refractivity contribution is 5.77. The number of hydrazine groups is 1. The van der Waals surface area contributed by atoms with E-state index in [0.29, 0.717) is 54.8 Å². The van der Waals surface area contributed by atoms with Gasteiger partial charge in [0.1, 0.15) is 0 Å². The summed E-state index contributed by atoms with van der Waals surface area (Å²) in [7, 11) is 0. The van der Waals surface area contributed by atoms with Gasteiger partial charge in [0, 0.05) is 37.5 Å². The van der Waals surface area contributed by atoms with Crippen LogP contribution in [0.25, 0.3) is 10.9 Å². The van der Waals surface area contributed by atoms with E-state index in [1.807, 2.05) is 18.2 Å². The van der Waals surface area contributed by atoms with E-state index in [9.17, 15) is 9.59 Å². The number of nitrogens with zero attached hydrogens (tertiary/aromatic N) is 2. The lowest BCUT2D eigenvalue weighted by atomic mass is 9.97. The van der Waals surface area contributed by atoms with Gasteiger partial charge in [-0.25, -0.2) is 4.98 Å². The van der Waals surface area contributed by atoms with Gasteiger partial charge in [-0.1, -0.05) is 12.1 Å². The van der Waals surface area contributed by atoms with Gasteiger partial charge in [-0.2, -0.15) is 0 Å². The highest BCUT2D eigenvalue weighted by Crippen LogP contribution is 2.13. The molecule has 1 saturated heterocycles. The fraction of sp³-hybridized carbons (Fsp3) is 0.500. The maximum atomic E-state index is 12.4. The third-order valence-corrected chi connectivity index (χ3v) is 4.89. The van der Waals surface area contributed by atoms with Crippen LogP contribution in [0, 0.1) is 5.92 Å². The van der Waals surface area contributed by atoms with Crippen LogP contribution in [0.15, 0.2) is 35.4 Å². The number of rotatable bonds is 6. The third-order valence-electron chi connectivity index (χ3n) is 4.89. The van der Waals surface area contributed by atoms with Crippen molar-refractivity contribution < 1.29 is 4.79 Å². The summed E-state index contributed by atoms with van der Waals surface area (Å²) in [6.45, 7) is 5.35. The first-order chi connectivity index (χ1) is 12.1. The lowest BCUT2D eigenvalue weighted by Crippen LogP contribution is -2.37. The van der Waals surface area contributed by atoms with Crippen molar-refractivity contribution in [3.63, 3.8) is 0 Å². The molecule has 1 aliphatic heterocycles. The van der Waals surface area contributed by atoms with E-state index in [1.54, 1.807) is 17.0 Å². The quantitative estimate of drug-likeness (QED) is 0.722. The first-order valence-electron chi connectivity index (χ1n) is 8.78. The first kappa shape index (κ1) is 17.6. The van der Waals surface area contributed by atoms with Gasteiger partial charge < -0.3 is 5.32 Å². The van der Waals surface area contributed by atoms with Gasteiger partial charge in [-0.05, 0) is 32.4 Å². The van der Waals surface area contributed by atoms with Crippen LogP contribution in [0.4, 0.5) is 0 Å². The van der Waals surface area contributed by atoms with Crippen LogP contribution in [0.1, 0.15) is 26.7 Å². The number of hydrogen-bond acceptors (Lipinski definition) is 5. The Morgan fingerprint density at radius 2 is 1.96 bits per heavy atom. The average Bonchev–Trinajstić information content (AvgIpc) is 2.93. The Morgan fingerprint density at radius 3 is 2.72 bits per heavy atom. The largest absolute Gasteiger partial charge is 0.356 e. The third kappa shape index (κ3) is 4.05. The molecule has 1 amide bonds. The summed E-state index contributed by atoms with van der Waals surface area (Å²) in [5.41, 5.74) is 7.00. The molecule has 2 heterocycles. The smallest absolute Gasteiger partial charge is 0.261 e. The SMILES string of the molecule is CC1NNC(C)C1CNC(=O)CCCn1cnc2ccccc2c1=O. The molecule has 7 heteroatoms. The summed E-state index contributed by atoms with van der Waals surface area (Å²) in [4.78, 5) is 28.7. The van der Waals surface area contributed by atoms with Crippen LogP contribution in [0.5, 0.6) is 0 Å². The molecule has 2 unspecified atom stereocenters. The standard InChI is InChI=1S/C18H25N5O2/c1-12-15(13(2)22-21-12)10-19-17(24)8-5-9-23-11-20-16-7-4-3-6-14(16)18(23)25/h3-4,6-7,11-13,15,21-22H,5,8-10H2,1-2H3,(H,19,24). The fourth-order valence-corrected chi connectivity index (χ4v) is 3.26. The number of fused-ring (bicyclic) bond motifs is 1. The van der Waals surface area contributed by atoms with Gasteiger partial charge >= 0.3 is 0 Å². The molecule has 25 heavy (non-hydrogen) atoms. The topological polar surface area (TPSA) is 88.0 Å². The second-order valence-corrected chi connectivity index (χ2v) is 6.70. The highest BCUT2D eigenvalue weighted by atomic mass is 16.1. The number of amides is 1. The zero-order valence-corrected chi connectivity index (χ0v) is 14.7. The van der Waals surface area contributed by atoms with E-state index in [-0.39, 0.29) is 11.5 Å². The monoisotopic (exact) mass is 343 g/mol. The minimum absolute atomic E-state index is 0.0214. The molecule has 3 N–H and O–H groups in total. The number of benzene rings is 1. The van der Waals surface area contributed by atoms with Gasteiger partial charge in [0.15, 0.2) is 0 Å². The number of aromatic nitrogens is 2. The molecule has 0 aliphatic carbocycles. The van der Waals surface area contributed by atoms with Crippen molar-refractivity contribution >= 4 is 16.8 Å². The van der Waals surface area contributed by atoms with Gasteiger partial charge in [0.2, 0.25) is 5.91 Å². The van der Waals surface area contributed by atoms with Crippen molar-refractivity contribution in [2.45, 2.75) is 45.3 Å². The molecule has 1 aliphatic rings. The van der Waals surface area contributed by atoms with E-state index in [1.165, 1.54) is 0 Å². The summed E-state index contributed by atoms with van der Waals surface area (Å²) < 4.78 is 1.57. The van der Waals surface area contributed by atoms with E-state index < -0.39 is 0 Å². The lowest BCUT2D eigenvalue weighted by molar-refractivity contribution is -0.121. The lowest BCUT2D eigenvalue weighted by Gasteiger charge is -2.18. The molecule has 0 saturated carbocycles. The van der Waals surface area contributed by atoms with Gasteiger partial charge in [-0.15, -0.1) is 0 Å². The number of carbonyl (C=O) groups excluding carboxylic acids is 1. The summed E-state index contributed by atoms with van der Waals surface area (Å²) in [5.74, 6) is 0.393. The normalized spacial score (nSPS) is 23.0. The van der Waals surface area contributed by atoms with Crippen molar-refractivity contribution in [1.29, 1.82) is 0 Å². The average molecular weight is 343 g/mol. The van der Waals surface area contributed by atoms with Gasteiger partial charge in [0.25, 0.3) is 5.56 Å². The molecule has 134 valence electrons. The van der Waals surface area contributed by atoms with E-state index in [4.69, 9.17) is 0 Å². The Kier molecular flexibility index (Phi) is 5.45. The Morgan fingerprint density at radius 1 is 1.24 bits per heavy atom. The zero-order chi connectivity index (χ0) is 17.8. The molecule has 0 radical (unpaired) electrons. The summed E-state index contributed by atoms with van der Waals surface area (Å²) in [6, 6.07) is 7.96. The number of hydrogen-bond donors (Lipinski definition) is 3. The second kappa shape index (κ2) is 7.76. The molecular weight excluding hydrogens is 318 g/mol. The highest BCUT2D eigenvalue weighted by Gasteiger charge is 2.29. The van der Waals surface area contributed by atoms with Crippen LogP contribution in [0.3, 0.4) is 0 Å². The van der Waals surface area contributed by atoms with Gasteiger partial charge in [-0.3, -0.25) is 25.0 Å². The minimum atomic E-state index is -0.0586. The predicted molar refractivity (Wildman–Crippen MR) is 96.9 cm³/mol. The number of aryl methyl sites for hydroxylation is 1. The minimum Gasteiger partial charge on any atom is -0.356 e. The van der Waals surface area contributed by atoms with Crippen molar-refractivity contribution in [2.75, 3.05) is 6.54 Å². The van der Waals surface area contributed by atoms with Crippen molar-refractivity contribution in [3.05, 3.63) is 40.9 Å². The zero-order valence-electron chi connectivity index (χ0n) is 14.7. The molecule has 1 aromatic heterocycles. The molecular formula is C18H25N5O2. The summed E-state index contributed by atoms with van der Waals surface area (Å²) in [6.07, 6.45) is 2.56. The van der Waals surface area contributed by atoms with Crippen LogP contribution in [-0.4, -0.2) is 34.1 Å². The van der Waals surface area contributed by atoms with E-state index in [2.05, 4.69) is 35.0 Å². The van der Waals surface area contributed by atoms with Crippen molar-refractivity contribution in [2.24, 2.45) is 5.92 Å². The molecule has 0 spiro atoms.